The van der Waals surface area contributed by atoms with E-state index in [1.165, 1.54) is 18.4 Å². The van der Waals surface area contributed by atoms with Crippen molar-refractivity contribution in [1.29, 1.82) is 0 Å². The molecule has 0 spiro atoms. The number of aryl methyl sites for hydroxylation is 3. The minimum Gasteiger partial charge on any atom is -0.466 e. The molecule has 0 saturated heterocycles. The van der Waals surface area contributed by atoms with Gasteiger partial charge in [0.2, 0.25) is 0 Å². The van der Waals surface area contributed by atoms with Crippen LogP contribution in [0.2, 0.25) is 0 Å². The Kier molecular flexibility index (Phi) is 2.75. The molecule has 0 saturated carbocycles. The first kappa shape index (κ1) is 8.38. The third-order valence-corrected chi connectivity index (χ3v) is 1.99. The second-order valence-electron chi connectivity index (χ2n) is 3.06. The van der Waals surface area contributed by atoms with Crippen LogP contribution in [0, 0.1) is 13.8 Å². The molecule has 0 aromatic carbocycles. The van der Waals surface area contributed by atoms with E-state index < -0.39 is 0 Å². The Morgan fingerprint density at radius 1 is 1.36 bits per heavy atom. The Morgan fingerprint density at radius 3 is 2.55 bits per heavy atom. The van der Waals surface area contributed by atoms with Crippen molar-refractivity contribution in [3.63, 3.8) is 0 Å². The van der Waals surface area contributed by atoms with Gasteiger partial charge in [-0.1, -0.05) is 13.3 Å². The molecule has 0 aliphatic heterocycles. The first-order valence-electron chi connectivity index (χ1n) is 4.30. The third kappa shape index (κ3) is 2.11. The van der Waals surface area contributed by atoms with Gasteiger partial charge < -0.3 is 4.42 Å². The number of hydrogen-bond donors (Lipinski definition) is 0. The number of rotatable bonds is 3. The Labute approximate surface area is 68.4 Å². The molecule has 0 bridgehead atoms. The zero-order valence-electron chi connectivity index (χ0n) is 7.61. The van der Waals surface area contributed by atoms with Crippen molar-refractivity contribution in [2.45, 2.75) is 40.0 Å². The van der Waals surface area contributed by atoms with Gasteiger partial charge in [-0.25, -0.2) is 0 Å². The van der Waals surface area contributed by atoms with Crippen LogP contribution in [0.1, 0.15) is 36.8 Å². The Bertz CT molecular complexity index is 203. The quantitative estimate of drug-likeness (QED) is 0.648. The fraction of sp³-hybridized carbons (Fsp3) is 0.600. The summed E-state index contributed by atoms with van der Waals surface area (Å²) in [5, 5.41) is 0. The molecule has 1 aromatic heterocycles. The van der Waals surface area contributed by atoms with E-state index in [2.05, 4.69) is 19.9 Å². The van der Waals surface area contributed by atoms with Crippen molar-refractivity contribution >= 4 is 0 Å². The number of unbranched alkanes of at least 4 members (excludes halogenated alkanes) is 1. The molecule has 0 radical (unpaired) electrons. The molecule has 0 aliphatic rings. The lowest BCUT2D eigenvalue weighted by Crippen LogP contribution is -1.78. The van der Waals surface area contributed by atoms with Gasteiger partial charge in [-0.05, 0) is 31.9 Å². The maximum absolute atomic E-state index is 5.52. The number of furan rings is 1. The molecule has 0 amide bonds. The summed E-state index contributed by atoms with van der Waals surface area (Å²) >= 11 is 0. The molecule has 0 fully saturated rings. The second kappa shape index (κ2) is 3.61. The van der Waals surface area contributed by atoms with Crippen LogP contribution < -0.4 is 0 Å². The van der Waals surface area contributed by atoms with Crippen LogP contribution in [0.15, 0.2) is 10.5 Å². The predicted molar refractivity (Wildman–Crippen MR) is 46.8 cm³/mol. The van der Waals surface area contributed by atoms with Crippen molar-refractivity contribution < 1.29 is 4.42 Å². The minimum absolute atomic E-state index is 1.07. The standard InChI is InChI=1S/C10H16O/c1-4-5-6-10-7-8(2)9(3)11-10/h7H,4-6H2,1-3H3. The Hall–Kier alpha value is -0.720. The van der Waals surface area contributed by atoms with Crippen LogP contribution in [0.5, 0.6) is 0 Å². The van der Waals surface area contributed by atoms with Crippen molar-refractivity contribution in [3.8, 4) is 0 Å². The Morgan fingerprint density at radius 2 is 2.09 bits per heavy atom. The summed E-state index contributed by atoms with van der Waals surface area (Å²) in [7, 11) is 0. The summed E-state index contributed by atoms with van der Waals surface area (Å²) in [6.07, 6.45) is 3.55. The highest BCUT2D eigenvalue weighted by Gasteiger charge is 2.01. The monoisotopic (exact) mass is 152 g/mol. The first-order valence-corrected chi connectivity index (χ1v) is 4.30. The highest BCUT2D eigenvalue weighted by molar-refractivity contribution is 5.18. The lowest BCUT2D eigenvalue weighted by atomic mass is 10.2. The van der Waals surface area contributed by atoms with Gasteiger partial charge in [-0.2, -0.15) is 0 Å². The molecular weight excluding hydrogens is 136 g/mol. The van der Waals surface area contributed by atoms with Crippen LogP contribution in [0.4, 0.5) is 0 Å². The van der Waals surface area contributed by atoms with Gasteiger partial charge in [-0.3, -0.25) is 0 Å². The molecule has 1 aromatic rings. The van der Waals surface area contributed by atoms with E-state index in [0.29, 0.717) is 0 Å². The molecule has 1 heteroatoms. The van der Waals surface area contributed by atoms with E-state index in [0.717, 1.165) is 17.9 Å². The lowest BCUT2D eigenvalue weighted by Gasteiger charge is -1.91. The van der Waals surface area contributed by atoms with Crippen LogP contribution in [-0.2, 0) is 6.42 Å². The second-order valence-corrected chi connectivity index (χ2v) is 3.06. The fourth-order valence-corrected chi connectivity index (χ4v) is 1.12. The molecule has 11 heavy (non-hydrogen) atoms. The van der Waals surface area contributed by atoms with Crippen LogP contribution in [-0.4, -0.2) is 0 Å². The normalized spacial score (nSPS) is 10.5. The SMILES string of the molecule is CCCCc1cc(C)c(C)o1. The minimum atomic E-state index is 1.07. The fourth-order valence-electron chi connectivity index (χ4n) is 1.12. The summed E-state index contributed by atoms with van der Waals surface area (Å²) < 4.78 is 5.52. The highest BCUT2D eigenvalue weighted by atomic mass is 16.3. The van der Waals surface area contributed by atoms with Gasteiger partial charge in [0.1, 0.15) is 11.5 Å². The summed E-state index contributed by atoms with van der Waals surface area (Å²) in [4.78, 5) is 0. The van der Waals surface area contributed by atoms with E-state index in [4.69, 9.17) is 4.42 Å². The van der Waals surface area contributed by atoms with Crippen molar-refractivity contribution in [2.24, 2.45) is 0 Å². The van der Waals surface area contributed by atoms with E-state index in [-0.39, 0.29) is 0 Å². The summed E-state index contributed by atoms with van der Waals surface area (Å²) in [5.74, 6) is 2.21. The summed E-state index contributed by atoms with van der Waals surface area (Å²) in [6.45, 7) is 6.31. The van der Waals surface area contributed by atoms with E-state index in [1.54, 1.807) is 0 Å². The van der Waals surface area contributed by atoms with Gasteiger partial charge in [0, 0.05) is 6.42 Å². The van der Waals surface area contributed by atoms with E-state index in [1.807, 2.05) is 6.92 Å². The van der Waals surface area contributed by atoms with Crippen LogP contribution in [0.3, 0.4) is 0 Å². The molecule has 62 valence electrons. The lowest BCUT2D eigenvalue weighted by molar-refractivity contribution is 0.474. The molecule has 1 rings (SSSR count). The van der Waals surface area contributed by atoms with Gasteiger partial charge in [-0.15, -0.1) is 0 Å². The molecule has 1 heterocycles. The number of hydrogen-bond acceptors (Lipinski definition) is 1. The molecule has 0 aliphatic carbocycles. The van der Waals surface area contributed by atoms with E-state index >= 15 is 0 Å². The summed E-state index contributed by atoms with van der Waals surface area (Å²) in [6, 6.07) is 2.14. The third-order valence-electron chi connectivity index (χ3n) is 1.99. The first-order chi connectivity index (χ1) is 5.24. The molecule has 0 N–H and O–H groups in total. The van der Waals surface area contributed by atoms with Crippen LogP contribution >= 0.6 is 0 Å². The molecule has 1 nitrogen and oxygen atoms in total. The van der Waals surface area contributed by atoms with Crippen molar-refractivity contribution in [2.75, 3.05) is 0 Å². The average molecular weight is 152 g/mol. The predicted octanol–water partition coefficient (Wildman–Crippen LogP) is 3.24. The Balaban J connectivity index is 2.58. The average Bonchev–Trinajstić information content (AvgIpc) is 2.28. The zero-order chi connectivity index (χ0) is 8.27. The largest absolute Gasteiger partial charge is 0.466 e. The smallest absolute Gasteiger partial charge is 0.104 e. The molecule has 0 atom stereocenters. The van der Waals surface area contributed by atoms with Crippen molar-refractivity contribution in [1.82, 2.24) is 0 Å². The van der Waals surface area contributed by atoms with Crippen LogP contribution in [0.25, 0.3) is 0 Å². The molecular formula is C10H16O. The van der Waals surface area contributed by atoms with Gasteiger partial charge in [0.05, 0.1) is 0 Å². The van der Waals surface area contributed by atoms with Gasteiger partial charge in [0.25, 0.3) is 0 Å². The van der Waals surface area contributed by atoms with E-state index in [9.17, 15) is 0 Å². The molecule has 0 unspecified atom stereocenters. The topological polar surface area (TPSA) is 13.1 Å². The van der Waals surface area contributed by atoms with Gasteiger partial charge >= 0.3 is 0 Å². The summed E-state index contributed by atoms with van der Waals surface area (Å²) in [5.41, 5.74) is 1.27. The maximum atomic E-state index is 5.52. The highest BCUT2D eigenvalue weighted by Crippen LogP contribution is 2.14. The van der Waals surface area contributed by atoms with Crippen molar-refractivity contribution in [3.05, 3.63) is 23.2 Å². The zero-order valence-corrected chi connectivity index (χ0v) is 7.61. The van der Waals surface area contributed by atoms with Gasteiger partial charge in [0.15, 0.2) is 0 Å². The maximum Gasteiger partial charge on any atom is 0.104 e.